The molecular weight excluding hydrogens is 190 g/mol. The van der Waals surface area contributed by atoms with Gasteiger partial charge >= 0.3 is 0 Å². The Balaban J connectivity index is 2.07. The molecule has 3 nitrogen and oxygen atoms in total. The molecule has 0 aromatic rings. The molecule has 0 spiro atoms. The lowest BCUT2D eigenvalue weighted by Gasteiger charge is -2.17. The third-order valence-corrected chi connectivity index (χ3v) is 2.45. The molecule has 3 heteroatoms. The summed E-state index contributed by atoms with van der Waals surface area (Å²) in [6.45, 7) is 8.19. The molecule has 88 valence electrons. The SMILES string of the molecule is C=C(C)CCOC(CNC1CC1)COC. The van der Waals surface area contributed by atoms with Gasteiger partial charge in [-0.15, -0.1) is 6.58 Å². The summed E-state index contributed by atoms with van der Waals surface area (Å²) in [7, 11) is 1.71. The van der Waals surface area contributed by atoms with Crippen molar-refractivity contribution < 1.29 is 9.47 Å². The summed E-state index contributed by atoms with van der Waals surface area (Å²) < 4.78 is 10.8. The fourth-order valence-corrected chi connectivity index (χ4v) is 1.34. The highest BCUT2D eigenvalue weighted by atomic mass is 16.5. The van der Waals surface area contributed by atoms with Gasteiger partial charge in [-0.05, 0) is 26.2 Å². The third-order valence-electron chi connectivity index (χ3n) is 2.45. The van der Waals surface area contributed by atoms with Crippen LogP contribution in [0.5, 0.6) is 0 Å². The lowest BCUT2D eigenvalue weighted by molar-refractivity contribution is 0.000268. The summed E-state index contributed by atoms with van der Waals surface area (Å²) in [4.78, 5) is 0. The van der Waals surface area contributed by atoms with E-state index in [2.05, 4.69) is 11.9 Å². The van der Waals surface area contributed by atoms with Crippen LogP contribution in [0.1, 0.15) is 26.2 Å². The van der Waals surface area contributed by atoms with Crippen molar-refractivity contribution in [3.8, 4) is 0 Å². The highest BCUT2D eigenvalue weighted by Gasteiger charge is 2.21. The second kappa shape index (κ2) is 6.99. The molecule has 1 N–H and O–H groups in total. The van der Waals surface area contributed by atoms with Crippen molar-refractivity contribution >= 4 is 0 Å². The Morgan fingerprint density at radius 3 is 2.80 bits per heavy atom. The second-order valence-electron chi connectivity index (χ2n) is 4.34. The maximum absolute atomic E-state index is 5.72. The second-order valence-corrected chi connectivity index (χ2v) is 4.34. The van der Waals surface area contributed by atoms with Crippen molar-refractivity contribution in [1.82, 2.24) is 5.32 Å². The zero-order valence-electron chi connectivity index (χ0n) is 9.92. The maximum Gasteiger partial charge on any atom is 0.0932 e. The summed E-state index contributed by atoms with van der Waals surface area (Å²) in [5, 5.41) is 3.45. The van der Waals surface area contributed by atoms with E-state index in [1.165, 1.54) is 18.4 Å². The zero-order chi connectivity index (χ0) is 11.1. The van der Waals surface area contributed by atoms with Gasteiger partial charge in [-0.25, -0.2) is 0 Å². The fourth-order valence-electron chi connectivity index (χ4n) is 1.34. The maximum atomic E-state index is 5.72. The van der Waals surface area contributed by atoms with Gasteiger partial charge in [-0.3, -0.25) is 0 Å². The van der Waals surface area contributed by atoms with Crippen LogP contribution in [0.15, 0.2) is 12.2 Å². The van der Waals surface area contributed by atoms with E-state index >= 15 is 0 Å². The predicted molar refractivity (Wildman–Crippen MR) is 62.1 cm³/mol. The van der Waals surface area contributed by atoms with Gasteiger partial charge in [-0.1, -0.05) is 5.57 Å². The molecule has 0 aromatic carbocycles. The van der Waals surface area contributed by atoms with Crippen molar-refractivity contribution in [2.24, 2.45) is 0 Å². The molecule has 0 aromatic heterocycles. The lowest BCUT2D eigenvalue weighted by atomic mass is 10.2. The summed E-state index contributed by atoms with van der Waals surface area (Å²) >= 11 is 0. The normalized spacial score (nSPS) is 17.7. The van der Waals surface area contributed by atoms with Crippen LogP contribution in [0.2, 0.25) is 0 Å². The molecule has 1 unspecified atom stereocenters. The van der Waals surface area contributed by atoms with E-state index in [4.69, 9.17) is 9.47 Å². The molecular formula is C12H23NO2. The van der Waals surface area contributed by atoms with E-state index in [1.807, 2.05) is 6.92 Å². The molecule has 1 rings (SSSR count). The quantitative estimate of drug-likeness (QED) is 0.592. The largest absolute Gasteiger partial charge is 0.382 e. The Morgan fingerprint density at radius 2 is 2.27 bits per heavy atom. The van der Waals surface area contributed by atoms with E-state index in [0.717, 1.165) is 25.6 Å². The summed E-state index contributed by atoms with van der Waals surface area (Å²) in [6, 6.07) is 0.731. The molecule has 0 amide bonds. The highest BCUT2D eigenvalue weighted by molar-refractivity contribution is 4.87. The Hall–Kier alpha value is -0.380. The van der Waals surface area contributed by atoms with Crippen molar-refractivity contribution in [2.45, 2.75) is 38.3 Å². The number of hydrogen-bond donors (Lipinski definition) is 1. The minimum Gasteiger partial charge on any atom is -0.382 e. The molecule has 1 aliphatic carbocycles. The van der Waals surface area contributed by atoms with Crippen LogP contribution in [0.3, 0.4) is 0 Å². The molecule has 0 saturated heterocycles. The van der Waals surface area contributed by atoms with E-state index in [-0.39, 0.29) is 6.10 Å². The van der Waals surface area contributed by atoms with Gasteiger partial charge in [-0.2, -0.15) is 0 Å². The summed E-state index contributed by atoms with van der Waals surface area (Å²) in [6.07, 6.45) is 3.73. The van der Waals surface area contributed by atoms with Crippen LogP contribution in [0, 0.1) is 0 Å². The van der Waals surface area contributed by atoms with E-state index in [1.54, 1.807) is 7.11 Å². The predicted octanol–water partition coefficient (Wildman–Crippen LogP) is 1.74. The number of rotatable bonds is 9. The van der Waals surface area contributed by atoms with Crippen molar-refractivity contribution in [3.63, 3.8) is 0 Å². The highest BCUT2D eigenvalue weighted by Crippen LogP contribution is 2.18. The Bertz CT molecular complexity index is 190. The minimum atomic E-state index is 0.176. The molecule has 1 atom stereocenters. The first-order chi connectivity index (χ1) is 7.22. The number of hydrogen-bond acceptors (Lipinski definition) is 3. The van der Waals surface area contributed by atoms with E-state index in [0.29, 0.717) is 6.61 Å². The van der Waals surface area contributed by atoms with Crippen molar-refractivity contribution in [1.29, 1.82) is 0 Å². The first-order valence-electron chi connectivity index (χ1n) is 5.70. The van der Waals surface area contributed by atoms with Crippen LogP contribution >= 0.6 is 0 Å². The Labute approximate surface area is 92.8 Å². The summed E-state index contributed by atoms with van der Waals surface area (Å²) in [5.41, 5.74) is 1.17. The van der Waals surface area contributed by atoms with Crippen LogP contribution in [0.25, 0.3) is 0 Å². The van der Waals surface area contributed by atoms with Crippen LogP contribution < -0.4 is 5.32 Å². The van der Waals surface area contributed by atoms with Crippen LogP contribution in [0.4, 0.5) is 0 Å². The van der Waals surface area contributed by atoms with Crippen molar-refractivity contribution in [2.75, 3.05) is 26.9 Å². The fraction of sp³-hybridized carbons (Fsp3) is 0.833. The molecule has 1 saturated carbocycles. The zero-order valence-corrected chi connectivity index (χ0v) is 9.92. The van der Waals surface area contributed by atoms with Gasteiger partial charge in [0.2, 0.25) is 0 Å². The standard InChI is InChI=1S/C12H23NO2/c1-10(2)6-7-15-12(9-14-3)8-13-11-4-5-11/h11-13H,1,4-9H2,2-3H3. The average molecular weight is 213 g/mol. The Kier molecular flexibility index (Phi) is 5.91. The monoisotopic (exact) mass is 213 g/mol. The lowest BCUT2D eigenvalue weighted by Crippen LogP contribution is -2.34. The number of nitrogens with one attached hydrogen (secondary N) is 1. The van der Waals surface area contributed by atoms with Gasteiger partial charge in [0.05, 0.1) is 19.3 Å². The number of methoxy groups -OCH3 is 1. The van der Waals surface area contributed by atoms with E-state index in [9.17, 15) is 0 Å². The average Bonchev–Trinajstić information content (AvgIpc) is 2.97. The van der Waals surface area contributed by atoms with E-state index < -0.39 is 0 Å². The molecule has 15 heavy (non-hydrogen) atoms. The van der Waals surface area contributed by atoms with Crippen molar-refractivity contribution in [3.05, 3.63) is 12.2 Å². The molecule has 0 aliphatic heterocycles. The summed E-state index contributed by atoms with van der Waals surface area (Å²) in [5.74, 6) is 0. The first-order valence-corrected chi connectivity index (χ1v) is 5.70. The third kappa shape index (κ3) is 6.66. The molecule has 1 fully saturated rings. The first kappa shape index (κ1) is 12.7. The Morgan fingerprint density at radius 1 is 1.53 bits per heavy atom. The number of ether oxygens (including phenoxy) is 2. The smallest absolute Gasteiger partial charge is 0.0932 e. The molecule has 0 radical (unpaired) electrons. The van der Waals surface area contributed by atoms with Gasteiger partial charge < -0.3 is 14.8 Å². The molecule has 0 bridgehead atoms. The van der Waals surface area contributed by atoms with Gasteiger partial charge in [0.15, 0.2) is 0 Å². The van der Waals surface area contributed by atoms with Crippen LogP contribution in [-0.4, -0.2) is 39.0 Å². The molecule has 1 aliphatic rings. The molecule has 0 heterocycles. The van der Waals surface area contributed by atoms with Crippen LogP contribution in [-0.2, 0) is 9.47 Å². The van der Waals surface area contributed by atoms with Gasteiger partial charge in [0, 0.05) is 19.7 Å². The topological polar surface area (TPSA) is 30.5 Å². The van der Waals surface area contributed by atoms with Gasteiger partial charge in [0.25, 0.3) is 0 Å². The minimum absolute atomic E-state index is 0.176. The van der Waals surface area contributed by atoms with Gasteiger partial charge in [0.1, 0.15) is 0 Å².